The molecule has 0 bridgehead atoms. The largest absolute Gasteiger partial charge is 0.297 e. The van der Waals surface area contributed by atoms with Gasteiger partial charge in [-0.25, -0.2) is 0 Å². The van der Waals surface area contributed by atoms with E-state index in [9.17, 15) is 4.79 Å². The van der Waals surface area contributed by atoms with Gasteiger partial charge in [0.2, 0.25) is 11.0 Å². The molecule has 0 aliphatic rings. The molecule has 0 fully saturated rings. The summed E-state index contributed by atoms with van der Waals surface area (Å²) in [6.45, 7) is 3.62. The normalized spacial score (nSPS) is 10.5. The summed E-state index contributed by atoms with van der Waals surface area (Å²) >= 11 is 1.35. The highest BCUT2D eigenvalue weighted by atomic mass is 32.1. The Hall–Kier alpha value is -1.23. The number of carbonyl (C=O) groups excluding carboxylic acids is 1. The van der Waals surface area contributed by atoms with Crippen LogP contribution in [0.25, 0.3) is 0 Å². The highest BCUT2D eigenvalue weighted by Crippen LogP contribution is 2.13. The SMILES string of the molecule is C/C=C/C(=O)Nc1nnc(C)s1. The van der Waals surface area contributed by atoms with Crippen LogP contribution in [0, 0.1) is 6.92 Å². The number of hydrogen-bond acceptors (Lipinski definition) is 4. The number of nitrogens with zero attached hydrogens (tertiary/aromatic N) is 2. The van der Waals surface area contributed by atoms with Gasteiger partial charge in [-0.3, -0.25) is 10.1 Å². The van der Waals surface area contributed by atoms with Gasteiger partial charge in [-0.15, -0.1) is 10.2 Å². The average Bonchev–Trinajstić information content (AvgIpc) is 2.36. The molecular formula is C7H9N3OS. The number of rotatable bonds is 2. The molecule has 1 aromatic heterocycles. The Kier molecular flexibility index (Phi) is 2.93. The number of aryl methyl sites for hydroxylation is 1. The summed E-state index contributed by atoms with van der Waals surface area (Å²) in [7, 11) is 0. The van der Waals surface area contributed by atoms with Crippen molar-refractivity contribution in [2.75, 3.05) is 5.32 Å². The lowest BCUT2D eigenvalue weighted by atomic mass is 10.5. The van der Waals surface area contributed by atoms with Crippen LogP contribution in [-0.4, -0.2) is 16.1 Å². The first kappa shape index (κ1) is 8.86. The van der Waals surface area contributed by atoms with Gasteiger partial charge in [0.15, 0.2) is 0 Å². The van der Waals surface area contributed by atoms with Gasteiger partial charge in [-0.05, 0) is 19.9 Å². The fourth-order valence-electron chi connectivity index (χ4n) is 0.646. The average molecular weight is 183 g/mol. The maximum Gasteiger partial charge on any atom is 0.249 e. The van der Waals surface area contributed by atoms with Crippen LogP contribution in [0.3, 0.4) is 0 Å². The van der Waals surface area contributed by atoms with E-state index < -0.39 is 0 Å². The maximum absolute atomic E-state index is 11.0. The van der Waals surface area contributed by atoms with Crippen LogP contribution in [0.5, 0.6) is 0 Å². The van der Waals surface area contributed by atoms with Crippen LogP contribution >= 0.6 is 11.3 Å². The number of carbonyl (C=O) groups is 1. The molecule has 0 spiro atoms. The molecule has 4 nitrogen and oxygen atoms in total. The number of amides is 1. The summed E-state index contributed by atoms with van der Waals surface area (Å²) in [5, 5.41) is 11.5. The predicted molar refractivity (Wildman–Crippen MR) is 48.1 cm³/mol. The van der Waals surface area contributed by atoms with Gasteiger partial charge in [0.1, 0.15) is 5.01 Å². The zero-order valence-electron chi connectivity index (χ0n) is 6.87. The van der Waals surface area contributed by atoms with Crippen molar-refractivity contribution in [3.05, 3.63) is 17.2 Å². The van der Waals surface area contributed by atoms with Crippen molar-refractivity contribution in [3.8, 4) is 0 Å². The van der Waals surface area contributed by atoms with Crippen LogP contribution in [0.1, 0.15) is 11.9 Å². The molecule has 0 radical (unpaired) electrons. The van der Waals surface area contributed by atoms with Crippen molar-refractivity contribution in [3.63, 3.8) is 0 Å². The second kappa shape index (κ2) is 3.96. The van der Waals surface area contributed by atoms with Gasteiger partial charge < -0.3 is 0 Å². The molecule has 0 aliphatic carbocycles. The summed E-state index contributed by atoms with van der Waals surface area (Å²) in [6, 6.07) is 0. The number of nitrogens with one attached hydrogen (secondary N) is 1. The van der Waals surface area contributed by atoms with Crippen LogP contribution in [-0.2, 0) is 4.79 Å². The van der Waals surface area contributed by atoms with Crippen molar-refractivity contribution >= 4 is 22.4 Å². The second-order valence-corrected chi connectivity index (χ2v) is 3.30. The Labute approximate surface area is 74.3 Å². The molecule has 0 aromatic carbocycles. The zero-order valence-corrected chi connectivity index (χ0v) is 7.68. The third-order valence-corrected chi connectivity index (χ3v) is 1.83. The fourth-order valence-corrected chi connectivity index (χ4v) is 1.24. The van der Waals surface area contributed by atoms with E-state index >= 15 is 0 Å². The summed E-state index contributed by atoms with van der Waals surface area (Å²) in [4.78, 5) is 11.0. The van der Waals surface area contributed by atoms with E-state index in [4.69, 9.17) is 0 Å². The van der Waals surface area contributed by atoms with Crippen LogP contribution < -0.4 is 5.32 Å². The minimum Gasteiger partial charge on any atom is -0.297 e. The van der Waals surface area contributed by atoms with Gasteiger partial charge in [0.25, 0.3) is 0 Å². The van der Waals surface area contributed by atoms with Gasteiger partial charge in [0, 0.05) is 0 Å². The lowest BCUT2D eigenvalue weighted by Crippen LogP contribution is -2.07. The minimum absolute atomic E-state index is 0.173. The highest BCUT2D eigenvalue weighted by molar-refractivity contribution is 7.15. The van der Waals surface area contributed by atoms with E-state index in [1.807, 2.05) is 6.92 Å². The molecule has 1 amide bonds. The van der Waals surface area contributed by atoms with Gasteiger partial charge in [-0.1, -0.05) is 17.4 Å². The molecule has 5 heteroatoms. The standard InChI is InChI=1S/C7H9N3OS/c1-3-4-6(11)8-7-10-9-5(2)12-7/h3-4H,1-2H3,(H,8,10,11)/b4-3+. The lowest BCUT2D eigenvalue weighted by molar-refractivity contribution is -0.111. The van der Waals surface area contributed by atoms with Crippen molar-refractivity contribution < 1.29 is 4.79 Å². The summed E-state index contributed by atoms with van der Waals surface area (Å²) < 4.78 is 0. The van der Waals surface area contributed by atoms with Crippen LogP contribution in [0.2, 0.25) is 0 Å². The molecule has 1 aromatic rings. The smallest absolute Gasteiger partial charge is 0.249 e. The molecule has 0 saturated carbocycles. The molecule has 0 atom stereocenters. The quantitative estimate of drug-likeness (QED) is 0.704. The molecule has 1 N–H and O–H groups in total. The Morgan fingerprint density at radius 3 is 2.83 bits per heavy atom. The third kappa shape index (κ3) is 2.43. The van der Waals surface area contributed by atoms with E-state index in [-0.39, 0.29) is 5.91 Å². The third-order valence-electron chi connectivity index (χ3n) is 1.07. The Balaban J connectivity index is 2.58. The van der Waals surface area contributed by atoms with E-state index in [0.717, 1.165) is 5.01 Å². The van der Waals surface area contributed by atoms with E-state index in [2.05, 4.69) is 15.5 Å². The van der Waals surface area contributed by atoms with Crippen molar-refractivity contribution in [1.29, 1.82) is 0 Å². The molecule has 1 heterocycles. The molecule has 0 unspecified atom stereocenters. The number of allylic oxidation sites excluding steroid dienone is 1. The number of aromatic nitrogens is 2. The number of anilines is 1. The van der Waals surface area contributed by atoms with Gasteiger partial charge in [0.05, 0.1) is 0 Å². The Morgan fingerprint density at radius 1 is 1.58 bits per heavy atom. The predicted octanol–water partition coefficient (Wildman–Crippen LogP) is 1.36. The topological polar surface area (TPSA) is 54.9 Å². The zero-order chi connectivity index (χ0) is 8.97. The maximum atomic E-state index is 11.0. The van der Waals surface area contributed by atoms with E-state index in [1.54, 1.807) is 13.0 Å². The van der Waals surface area contributed by atoms with E-state index in [1.165, 1.54) is 17.4 Å². The summed E-state index contributed by atoms with van der Waals surface area (Å²) in [6.07, 6.45) is 3.11. The lowest BCUT2D eigenvalue weighted by Gasteiger charge is -1.91. The van der Waals surface area contributed by atoms with Crippen molar-refractivity contribution in [1.82, 2.24) is 10.2 Å². The first-order valence-electron chi connectivity index (χ1n) is 3.46. The van der Waals surface area contributed by atoms with Crippen LogP contribution in [0.15, 0.2) is 12.2 Å². The Bertz CT molecular complexity index is 305. The second-order valence-electron chi connectivity index (χ2n) is 2.12. The molecule has 1 rings (SSSR count). The van der Waals surface area contributed by atoms with Crippen LogP contribution in [0.4, 0.5) is 5.13 Å². The first-order valence-corrected chi connectivity index (χ1v) is 4.28. The number of hydrogen-bond donors (Lipinski definition) is 1. The van der Waals surface area contributed by atoms with Crippen molar-refractivity contribution in [2.24, 2.45) is 0 Å². The molecular weight excluding hydrogens is 174 g/mol. The molecule has 0 aliphatic heterocycles. The minimum atomic E-state index is -0.173. The summed E-state index contributed by atoms with van der Waals surface area (Å²) in [5.41, 5.74) is 0. The van der Waals surface area contributed by atoms with E-state index in [0.29, 0.717) is 5.13 Å². The Morgan fingerprint density at radius 2 is 2.33 bits per heavy atom. The first-order chi connectivity index (χ1) is 5.72. The molecule has 12 heavy (non-hydrogen) atoms. The monoisotopic (exact) mass is 183 g/mol. The van der Waals surface area contributed by atoms with Crippen molar-refractivity contribution in [2.45, 2.75) is 13.8 Å². The fraction of sp³-hybridized carbons (Fsp3) is 0.286. The van der Waals surface area contributed by atoms with Gasteiger partial charge in [-0.2, -0.15) is 0 Å². The van der Waals surface area contributed by atoms with Gasteiger partial charge >= 0.3 is 0 Å². The molecule has 0 saturated heterocycles. The highest BCUT2D eigenvalue weighted by Gasteiger charge is 2.01. The summed E-state index contributed by atoms with van der Waals surface area (Å²) in [5.74, 6) is -0.173. The molecule has 64 valence electrons.